The Hall–Kier alpha value is -1.85. The van der Waals surface area contributed by atoms with E-state index in [4.69, 9.17) is 10.5 Å². The van der Waals surface area contributed by atoms with E-state index in [9.17, 15) is 0 Å². The number of thiazole rings is 1. The van der Waals surface area contributed by atoms with E-state index in [0.29, 0.717) is 5.13 Å². The number of thiophene rings is 1. The van der Waals surface area contributed by atoms with Gasteiger partial charge in [0, 0.05) is 11.3 Å². The summed E-state index contributed by atoms with van der Waals surface area (Å²) in [7, 11) is 1.67. The largest absolute Gasteiger partial charge is 0.497 e. The van der Waals surface area contributed by atoms with Crippen LogP contribution in [0.3, 0.4) is 0 Å². The van der Waals surface area contributed by atoms with Gasteiger partial charge >= 0.3 is 0 Å². The zero-order chi connectivity index (χ0) is 13.9. The molecule has 5 heteroatoms. The molecule has 2 aromatic heterocycles. The van der Waals surface area contributed by atoms with Crippen LogP contribution in [-0.2, 0) is 6.42 Å². The lowest BCUT2D eigenvalue weighted by atomic mass is 10.1. The Kier molecular flexibility index (Phi) is 3.71. The van der Waals surface area contributed by atoms with E-state index in [2.05, 4.69) is 28.6 Å². The van der Waals surface area contributed by atoms with Crippen molar-refractivity contribution in [1.29, 1.82) is 0 Å². The molecule has 102 valence electrons. The van der Waals surface area contributed by atoms with Gasteiger partial charge in [-0.05, 0) is 29.1 Å². The molecule has 20 heavy (non-hydrogen) atoms. The number of anilines is 1. The third-order valence-corrected chi connectivity index (χ3v) is 4.75. The molecule has 0 saturated heterocycles. The third kappa shape index (κ3) is 2.69. The number of nitrogens with zero attached hydrogens (tertiary/aromatic N) is 1. The van der Waals surface area contributed by atoms with Crippen molar-refractivity contribution in [1.82, 2.24) is 4.98 Å². The second-order valence-corrected chi connectivity index (χ2v) is 6.39. The molecule has 0 bridgehead atoms. The highest BCUT2D eigenvalue weighted by Crippen LogP contribution is 2.34. The van der Waals surface area contributed by atoms with E-state index in [1.165, 1.54) is 15.3 Å². The molecule has 0 atom stereocenters. The Bertz CT molecular complexity index is 687. The van der Waals surface area contributed by atoms with Crippen molar-refractivity contribution in [3.05, 3.63) is 52.2 Å². The standard InChI is InChI=1S/C15H14N2OS2/c1-18-11-6-4-10(5-7-11)9-13-14(17-15(16)20-13)12-3-2-8-19-12/h2-8H,9H2,1H3,(H2,16,17). The number of nitrogen functional groups attached to an aromatic ring is 1. The lowest BCUT2D eigenvalue weighted by Gasteiger charge is -2.03. The quantitative estimate of drug-likeness (QED) is 0.791. The van der Waals surface area contributed by atoms with Crippen molar-refractivity contribution in [3.63, 3.8) is 0 Å². The van der Waals surface area contributed by atoms with Crippen LogP contribution in [0.2, 0.25) is 0 Å². The molecule has 0 amide bonds. The van der Waals surface area contributed by atoms with Gasteiger partial charge in [0.2, 0.25) is 0 Å². The summed E-state index contributed by atoms with van der Waals surface area (Å²) in [5.74, 6) is 0.871. The van der Waals surface area contributed by atoms with Gasteiger partial charge in [-0.1, -0.05) is 18.2 Å². The van der Waals surface area contributed by atoms with Gasteiger partial charge in [0.15, 0.2) is 5.13 Å². The van der Waals surface area contributed by atoms with Crippen LogP contribution in [-0.4, -0.2) is 12.1 Å². The predicted octanol–water partition coefficient (Wildman–Crippen LogP) is 4.05. The van der Waals surface area contributed by atoms with Crippen molar-refractivity contribution in [2.75, 3.05) is 12.8 Å². The van der Waals surface area contributed by atoms with Crippen molar-refractivity contribution in [3.8, 4) is 16.3 Å². The summed E-state index contributed by atoms with van der Waals surface area (Å²) in [6.45, 7) is 0. The van der Waals surface area contributed by atoms with Crippen LogP contribution in [0.1, 0.15) is 10.4 Å². The first-order valence-electron chi connectivity index (χ1n) is 6.18. The fraction of sp³-hybridized carbons (Fsp3) is 0.133. The summed E-state index contributed by atoms with van der Waals surface area (Å²) < 4.78 is 5.18. The van der Waals surface area contributed by atoms with Gasteiger partial charge in [-0.15, -0.1) is 22.7 Å². The van der Waals surface area contributed by atoms with Crippen LogP contribution < -0.4 is 10.5 Å². The van der Waals surface area contributed by atoms with Gasteiger partial charge in [0.1, 0.15) is 5.75 Å². The summed E-state index contributed by atoms with van der Waals surface area (Å²) >= 11 is 3.25. The summed E-state index contributed by atoms with van der Waals surface area (Å²) in [6.07, 6.45) is 0.839. The number of hydrogen-bond acceptors (Lipinski definition) is 5. The lowest BCUT2D eigenvalue weighted by Crippen LogP contribution is -1.89. The van der Waals surface area contributed by atoms with Crippen molar-refractivity contribution >= 4 is 27.8 Å². The highest BCUT2D eigenvalue weighted by molar-refractivity contribution is 7.17. The van der Waals surface area contributed by atoms with E-state index < -0.39 is 0 Å². The molecule has 3 nitrogen and oxygen atoms in total. The summed E-state index contributed by atoms with van der Waals surface area (Å²) in [5, 5.41) is 2.68. The van der Waals surface area contributed by atoms with Crippen LogP contribution in [0, 0.1) is 0 Å². The van der Waals surface area contributed by atoms with Crippen LogP contribution in [0.5, 0.6) is 5.75 Å². The van der Waals surface area contributed by atoms with Gasteiger partial charge < -0.3 is 10.5 Å². The van der Waals surface area contributed by atoms with Crippen molar-refractivity contribution in [2.24, 2.45) is 0 Å². The third-order valence-electron chi connectivity index (χ3n) is 2.99. The highest BCUT2D eigenvalue weighted by atomic mass is 32.1. The molecule has 0 fully saturated rings. The minimum atomic E-state index is 0.622. The Labute approximate surface area is 125 Å². The number of benzene rings is 1. The maximum atomic E-state index is 5.88. The van der Waals surface area contributed by atoms with Gasteiger partial charge in [-0.2, -0.15) is 0 Å². The van der Waals surface area contributed by atoms with Crippen LogP contribution in [0.25, 0.3) is 10.6 Å². The van der Waals surface area contributed by atoms with E-state index in [1.54, 1.807) is 29.8 Å². The minimum absolute atomic E-state index is 0.622. The van der Waals surface area contributed by atoms with E-state index in [1.807, 2.05) is 18.2 Å². The highest BCUT2D eigenvalue weighted by Gasteiger charge is 2.13. The fourth-order valence-electron chi connectivity index (χ4n) is 2.02. The second-order valence-electron chi connectivity index (χ2n) is 4.33. The Balaban J connectivity index is 1.90. The van der Waals surface area contributed by atoms with E-state index in [-0.39, 0.29) is 0 Å². The maximum absolute atomic E-state index is 5.88. The molecule has 0 spiro atoms. The summed E-state index contributed by atoms with van der Waals surface area (Å²) in [5.41, 5.74) is 8.12. The van der Waals surface area contributed by atoms with Crippen LogP contribution >= 0.6 is 22.7 Å². The van der Waals surface area contributed by atoms with Crippen LogP contribution in [0.4, 0.5) is 5.13 Å². The topological polar surface area (TPSA) is 48.1 Å². The van der Waals surface area contributed by atoms with Crippen LogP contribution in [0.15, 0.2) is 41.8 Å². The first-order chi connectivity index (χ1) is 9.76. The molecular formula is C15H14N2OS2. The molecule has 0 aliphatic rings. The Morgan fingerprint density at radius 3 is 2.65 bits per heavy atom. The average Bonchev–Trinajstić information content (AvgIpc) is 3.09. The number of hydrogen-bond donors (Lipinski definition) is 1. The van der Waals surface area contributed by atoms with Gasteiger partial charge in [-0.3, -0.25) is 0 Å². The molecule has 0 aliphatic heterocycles. The summed E-state index contributed by atoms with van der Waals surface area (Å²) in [4.78, 5) is 6.84. The molecule has 1 aromatic carbocycles. The number of methoxy groups -OCH3 is 1. The first kappa shape index (κ1) is 13.1. The molecule has 0 radical (unpaired) electrons. The molecule has 0 aliphatic carbocycles. The van der Waals surface area contributed by atoms with Gasteiger partial charge in [0.05, 0.1) is 17.7 Å². The molecule has 3 aromatic rings. The number of rotatable bonds is 4. The SMILES string of the molecule is COc1ccc(Cc2sc(N)nc2-c2cccs2)cc1. The van der Waals surface area contributed by atoms with Crippen molar-refractivity contribution in [2.45, 2.75) is 6.42 Å². The molecular weight excluding hydrogens is 288 g/mol. The molecule has 3 rings (SSSR count). The Morgan fingerprint density at radius 1 is 1.20 bits per heavy atom. The normalized spacial score (nSPS) is 10.7. The minimum Gasteiger partial charge on any atom is -0.497 e. The molecule has 2 N–H and O–H groups in total. The number of ether oxygens (including phenoxy) is 1. The average molecular weight is 302 g/mol. The molecule has 0 saturated carbocycles. The summed E-state index contributed by atoms with van der Waals surface area (Å²) in [6, 6.07) is 12.2. The Morgan fingerprint density at radius 2 is 2.00 bits per heavy atom. The maximum Gasteiger partial charge on any atom is 0.180 e. The smallest absolute Gasteiger partial charge is 0.180 e. The monoisotopic (exact) mass is 302 g/mol. The fourth-order valence-corrected chi connectivity index (χ4v) is 3.71. The second kappa shape index (κ2) is 5.64. The van der Waals surface area contributed by atoms with Gasteiger partial charge in [-0.25, -0.2) is 4.98 Å². The molecule has 0 unspecified atom stereocenters. The predicted molar refractivity (Wildman–Crippen MR) is 85.6 cm³/mol. The number of aromatic nitrogens is 1. The number of nitrogens with two attached hydrogens (primary N) is 1. The van der Waals surface area contributed by atoms with E-state index in [0.717, 1.165) is 17.9 Å². The van der Waals surface area contributed by atoms with E-state index >= 15 is 0 Å². The van der Waals surface area contributed by atoms with Crippen molar-refractivity contribution < 1.29 is 4.74 Å². The molecule has 2 heterocycles. The lowest BCUT2D eigenvalue weighted by molar-refractivity contribution is 0.414. The van der Waals surface area contributed by atoms with Gasteiger partial charge in [0.25, 0.3) is 0 Å². The zero-order valence-corrected chi connectivity index (χ0v) is 12.6. The zero-order valence-electron chi connectivity index (χ0n) is 11.0. The first-order valence-corrected chi connectivity index (χ1v) is 7.88.